The molecule has 0 aromatic rings. The molecule has 18 fully saturated rings. The SMILES string of the molecule is [CH-]1CCCC2C3NC(NC4NC(NC5NC(NC6NC(N3)C3CCCCC63)C3CCCCC53)C3CCCCC43)C12.[CH-]1CCCC2C3NC(NC4NC(NC5NC(NC6NC(N3)C3CCCCC63)C3CCCCC53)C3CCCCC43)C12.[Lu]. The second-order valence-electron chi connectivity index (χ2n) is 30.8. The molecule has 10 aliphatic heterocycles. The van der Waals surface area contributed by atoms with E-state index in [0.717, 1.165) is 71.0 Å². The molecule has 16 N–H and O–H groups in total. The maximum atomic E-state index is 4.25. The van der Waals surface area contributed by atoms with Crippen molar-refractivity contribution < 1.29 is 36.9 Å². The van der Waals surface area contributed by atoms with E-state index in [0.29, 0.717) is 122 Å². The molecule has 10 saturated heterocycles. The van der Waals surface area contributed by atoms with Gasteiger partial charge in [-0.3, -0.25) is 85.1 Å². The molecule has 18 rings (SSSR count). The predicted octanol–water partition coefficient (Wildman–Crippen LogP) is 4.84. The van der Waals surface area contributed by atoms with Gasteiger partial charge in [0.1, 0.15) is 0 Å². The summed E-state index contributed by atoms with van der Waals surface area (Å²) in [6.07, 6.45) is 52.9. The van der Waals surface area contributed by atoms with Crippen LogP contribution in [0, 0.1) is 144 Å². The van der Waals surface area contributed by atoms with Crippen LogP contribution in [0.3, 0.4) is 0 Å². The molecule has 18 aliphatic rings. The Hall–Kier alpha value is 0.594. The smallest absolute Gasteiger partial charge is 0.0628 e. The van der Waals surface area contributed by atoms with Gasteiger partial charge in [0.05, 0.1) is 86.3 Å². The first-order valence-corrected chi connectivity index (χ1v) is 35.4. The summed E-state index contributed by atoms with van der Waals surface area (Å²) in [5.74, 6) is 11.5. The summed E-state index contributed by atoms with van der Waals surface area (Å²) in [5, 5.41) is 67.3. The molecule has 0 aromatic heterocycles. The Kier molecular flexibility index (Phi) is 17.1. The van der Waals surface area contributed by atoms with Crippen molar-refractivity contribution in [2.45, 2.75) is 291 Å². The first-order chi connectivity index (χ1) is 39.6. The Balaban J connectivity index is 0.000000132. The van der Waals surface area contributed by atoms with Crippen molar-refractivity contribution in [1.29, 1.82) is 0 Å². The average Bonchev–Trinajstić information content (AvgIpc) is 4.48. The molecule has 8 saturated carbocycles. The minimum absolute atomic E-state index is 0. The first kappa shape index (κ1) is 56.8. The van der Waals surface area contributed by atoms with E-state index in [1.165, 1.54) is 193 Å². The van der Waals surface area contributed by atoms with Crippen molar-refractivity contribution in [3.8, 4) is 0 Å². The molecule has 10 heterocycles. The van der Waals surface area contributed by atoms with E-state index in [9.17, 15) is 0 Å². The van der Waals surface area contributed by atoms with Gasteiger partial charge >= 0.3 is 0 Å². The molecule has 32 atom stereocenters. The largest absolute Gasteiger partial charge is 0.322 e. The van der Waals surface area contributed by atoms with Gasteiger partial charge in [0.15, 0.2) is 0 Å². The molecule has 17 heteroatoms. The summed E-state index contributed by atoms with van der Waals surface area (Å²) >= 11 is 0. The number of hydrogen-bond acceptors (Lipinski definition) is 16. The molecule has 463 valence electrons. The number of rotatable bonds is 0. The van der Waals surface area contributed by atoms with Crippen LogP contribution in [0.25, 0.3) is 0 Å². The van der Waals surface area contributed by atoms with Gasteiger partial charge in [-0.15, -0.1) is 11.8 Å². The zero-order valence-electron chi connectivity index (χ0n) is 49.1. The van der Waals surface area contributed by atoms with Gasteiger partial charge in [0.2, 0.25) is 0 Å². The first-order valence-electron chi connectivity index (χ1n) is 35.4. The van der Waals surface area contributed by atoms with Crippen LogP contribution in [0.4, 0.5) is 0 Å². The minimum Gasteiger partial charge on any atom is -0.322 e. The van der Waals surface area contributed by atoms with E-state index in [-0.39, 0.29) is 36.9 Å². The van der Waals surface area contributed by atoms with Crippen molar-refractivity contribution in [3.63, 3.8) is 0 Å². The summed E-state index contributed by atoms with van der Waals surface area (Å²) in [5.41, 5.74) is 0. The normalized spacial score (nSPS) is 56.9. The molecule has 81 heavy (non-hydrogen) atoms. The zero-order valence-corrected chi connectivity index (χ0v) is 50.8. The van der Waals surface area contributed by atoms with Crippen LogP contribution in [0.5, 0.6) is 0 Å². The average molecular weight is 1280 g/mol. The fourth-order valence-corrected chi connectivity index (χ4v) is 23.5. The molecule has 16 nitrogen and oxygen atoms in total. The predicted molar refractivity (Wildman–Crippen MR) is 314 cm³/mol. The molecule has 1 radical (unpaired) electrons. The third-order valence-electron chi connectivity index (χ3n) is 27.1. The van der Waals surface area contributed by atoms with Crippen molar-refractivity contribution in [2.75, 3.05) is 0 Å². The molecular weight excluding hydrogens is 1170 g/mol. The third kappa shape index (κ3) is 10.6. The monoisotopic (exact) mass is 1280 g/mol. The van der Waals surface area contributed by atoms with Crippen LogP contribution >= 0.6 is 0 Å². The Morgan fingerprint density at radius 3 is 0.469 bits per heavy atom. The van der Waals surface area contributed by atoms with Gasteiger partial charge in [-0.05, 0) is 160 Å². The van der Waals surface area contributed by atoms with E-state index in [4.69, 9.17) is 0 Å². The Bertz CT molecular complexity index is 1570. The van der Waals surface area contributed by atoms with Gasteiger partial charge in [-0.1, -0.05) is 103 Å². The second kappa shape index (κ2) is 24.4. The summed E-state index contributed by atoms with van der Waals surface area (Å²) in [7, 11) is 0. The standard InChI is InChI=1S/2C32H55N8.Lu/c2*1-2-10-18-17(9-1)25-33-26(18)38-28-21-13-5-6-14-22(21)30(35-28)40-32-24-16-8-7-15-23(24)31(36-32)39-29-20-12-4-3-11-19(20)27(34-29)37-25;/h2*9,17-40H,1-8,10-16H2;/q2*-1;. The topological polar surface area (TPSA) is 192 Å². The minimum atomic E-state index is 0. The van der Waals surface area contributed by atoms with Crippen LogP contribution in [0.15, 0.2) is 0 Å². The molecule has 16 bridgehead atoms. The van der Waals surface area contributed by atoms with E-state index in [1.807, 2.05) is 0 Å². The molecular formula is C64H110LuN16-2. The van der Waals surface area contributed by atoms with Gasteiger partial charge in [-0.25, -0.2) is 0 Å². The maximum absolute atomic E-state index is 4.25. The van der Waals surface area contributed by atoms with Crippen molar-refractivity contribution >= 4 is 0 Å². The van der Waals surface area contributed by atoms with E-state index < -0.39 is 0 Å². The van der Waals surface area contributed by atoms with Crippen molar-refractivity contribution in [1.82, 2.24) is 85.1 Å². The second-order valence-corrected chi connectivity index (χ2v) is 30.8. The molecule has 0 spiro atoms. The number of hydrogen-bond donors (Lipinski definition) is 16. The Morgan fingerprint density at radius 2 is 0.296 bits per heavy atom. The third-order valence-corrected chi connectivity index (χ3v) is 27.1. The summed E-state index contributed by atoms with van der Waals surface area (Å²) in [4.78, 5) is 0. The van der Waals surface area contributed by atoms with Crippen LogP contribution in [-0.4, -0.2) is 98.7 Å². The van der Waals surface area contributed by atoms with Crippen molar-refractivity contribution in [3.05, 3.63) is 12.8 Å². The van der Waals surface area contributed by atoms with Gasteiger partial charge in [0, 0.05) is 49.2 Å². The molecule has 0 aromatic carbocycles. The summed E-state index contributed by atoms with van der Waals surface area (Å²) in [6, 6.07) is 0. The van der Waals surface area contributed by atoms with Crippen molar-refractivity contribution in [2.24, 2.45) is 94.7 Å². The van der Waals surface area contributed by atoms with E-state index in [1.54, 1.807) is 0 Å². The van der Waals surface area contributed by atoms with Crippen LogP contribution in [-0.2, 0) is 0 Å². The zero-order chi connectivity index (χ0) is 52.4. The Morgan fingerprint density at radius 1 is 0.160 bits per heavy atom. The summed E-state index contributed by atoms with van der Waals surface area (Å²) in [6.45, 7) is 0. The van der Waals surface area contributed by atoms with Gasteiger partial charge < -0.3 is 12.8 Å². The summed E-state index contributed by atoms with van der Waals surface area (Å²) < 4.78 is 0. The molecule has 0 amide bonds. The van der Waals surface area contributed by atoms with E-state index >= 15 is 0 Å². The van der Waals surface area contributed by atoms with E-state index in [2.05, 4.69) is 97.9 Å². The quantitative estimate of drug-likeness (QED) is 0.147. The number of nitrogens with one attached hydrogen (secondary N) is 16. The van der Waals surface area contributed by atoms with Crippen LogP contribution < -0.4 is 85.1 Å². The van der Waals surface area contributed by atoms with Gasteiger partial charge in [-0.2, -0.15) is 12.8 Å². The fourth-order valence-electron chi connectivity index (χ4n) is 23.5. The van der Waals surface area contributed by atoms with Crippen LogP contribution in [0.2, 0.25) is 0 Å². The maximum Gasteiger partial charge on any atom is 0.0628 e. The van der Waals surface area contributed by atoms with Gasteiger partial charge in [0.25, 0.3) is 0 Å². The molecule has 32 unspecified atom stereocenters. The molecule has 8 aliphatic carbocycles. The van der Waals surface area contributed by atoms with Crippen LogP contribution in [0.1, 0.15) is 193 Å². The Labute approximate surface area is 517 Å². The number of fused-ring (bicyclic) bond motifs is 40. The fraction of sp³-hybridized carbons (Fsp3) is 0.969.